The SMILES string of the molecule is CN=C(NCCN1CCOCC1)NCc1cc2ccccc2o1. The number of benzene rings is 1. The highest BCUT2D eigenvalue weighted by atomic mass is 16.5. The average Bonchev–Trinajstić information content (AvgIpc) is 3.01. The van der Waals surface area contributed by atoms with Gasteiger partial charge in [0, 0.05) is 38.6 Å². The maximum Gasteiger partial charge on any atom is 0.191 e. The highest BCUT2D eigenvalue weighted by Gasteiger charge is 2.10. The molecule has 0 spiro atoms. The number of nitrogens with one attached hydrogen (secondary N) is 2. The summed E-state index contributed by atoms with van der Waals surface area (Å²) in [5.74, 6) is 1.70. The first kappa shape index (κ1) is 15.8. The molecule has 2 aromatic rings. The van der Waals surface area contributed by atoms with Gasteiger partial charge in [-0.2, -0.15) is 0 Å². The lowest BCUT2D eigenvalue weighted by Crippen LogP contribution is -2.44. The van der Waals surface area contributed by atoms with Crippen LogP contribution in [0.1, 0.15) is 5.76 Å². The number of rotatable bonds is 5. The molecule has 2 N–H and O–H groups in total. The van der Waals surface area contributed by atoms with Crippen molar-refractivity contribution in [1.29, 1.82) is 0 Å². The zero-order valence-electron chi connectivity index (χ0n) is 13.5. The number of hydrogen-bond donors (Lipinski definition) is 2. The van der Waals surface area contributed by atoms with E-state index in [1.165, 1.54) is 0 Å². The first-order valence-corrected chi connectivity index (χ1v) is 8.07. The number of nitrogens with zero attached hydrogens (tertiary/aromatic N) is 2. The van der Waals surface area contributed by atoms with Gasteiger partial charge in [0.1, 0.15) is 11.3 Å². The third kappa shape index (κ3) is 4.46. The van der Waals surface area contributed by atoms with Gasteiger partial charge < -0.3 is 19.8 Å². The predicted octanol–water partition coefficient (Wildman–Crippen LogP) is 1.43. The Morgan fingerprint density at radius 3 is 2.83 bits per heavy atom. The van der Waals surface area contributed by atoms with Crippen LogP contribution in [-0.2, 0) is 11.3 Å². The largest absolute Gasteiger partial charge is 0.459 e. The van der Waals surface area contributed by atoms with Crippen molar-refractivity contribution in [3.8, 4) is 0 Å². The standard InChI is InChI=1S/C17H24N4O2/c1-18-17(19-6-7-21-8-10-22-11-9-21)20-13-15-12-14-4-2-3-5-16(14)23-15/h2-5,12H,6-11,13H2,1H3,(H2,18,19,20). The summed E-state index contributed by atoms with van der Waals surface area (Å²) in [6.07, 6.45) is 0. The predicted molar refractivity (Wildman–Crippen MR) is 91.7 cm³/mol. The van der Waals surface area contributed by atoms with Crippen molar-refractivity contribution >= 4 is 16.9 Å². The number of morpholine rings is 1. The number of hydrogen-bond acceptors (Lipinski definition) is 4. The van der Waals surface area contributed by atoms with Gasteiger partial charge in [0.25, 0.3) is 0 Å². The summed E-state index contributed by atoms with van der Waals surface area (Å²) in [4.78, 5) is 6.64. The normalized spacial score (nSPS) is 16.7. The van der Waals surface area contributed by atoms with Crippen LogP contribution in [0.15, 0.2) is 39.7 Å². The molecular weight excluding hydrogens is 292 g/mol. The molecule has 0 bridgehead atoms. The molecule has 0 unspecified atom stereocenters. The molecule has 0 atom stereocenters. The van der Waals surface area contributed by atoms with E-state index in [0.717, 1.165) is 62.1 Å². The topological polar surface area (TPSA) is 62.0 Å². The van der Waals surface area contributed by atoms with Crippen LogP contribution in [0.4, 0.5) is 0 Å². The van der Waals surface area contributed by atoms with Crippen LogP contribution in [0.25, 0.3) is 11.0 Å². The molecule has 6 heteroatoms. The Hall–Kier alpha value is -2.05. The number of aliphatic imine (C=N–C) groups is 1. The lowest BCUT2D eigenvalue weighted by atomic mass is 10.2. The molecule has 1 aromatic heterocycles. The van der Waals surface area contributed by atoms with Gasteiger partial charge in [-0.15, -0.1) is 0 Å². The van der Waals surface area contributed by atoms with Gasteiger partial charge in [-0.25, -0.2) is 0 Å². The Morgan fingerprint density at radius 2 is 2.04 bits per heavy atom. The van der Waals surface area contributed by atoms with E-state index in [4.69, 9.17) is 9.15 Å². The van der Waals surface area contributed by atoms with Crippen molar-refractivity contribution in [3.63, 3.8) is 0 Å². The smallest absolute Gasteiger partial charge is 0.191 e. The first-order chi connectivity index (χ1) is 11.3. The Kier molecular flexibility index (Phi) is 5.50. The number of fused-ring (bicyclic) bond motifs is 1. The maximum atomic E-state index is 5.80. The molecule has 124 valence electrons. The molecule has 1 aliphatic rings. The lowest BCUT2D eigenvalue weighted by Gasteiger charge is -2.26. The second-order valence-corrected chi connectivity index (χ2v) is 5.56. The van der Waals surface area contributed by atoms with Gasteiger partial charge in [0.05, 0.1) is 19.8 Å². The Bertz CT molecular complexity index is 614. The number of ether oxygens (including phenoxy) is 1. The second-order valence-electron chi connectivity index (χ2n) is 5.56. The molecule has 0 radical (unpaired) electrons. The summed E-state index contributed by atoms with van der Waals surface area (Å²) in [5.41, 5.74) is 0.916. The summed E-state index contributed by atoms with van der Waals surface area (Å²) >= 11 is 0. The Balaban J connectivity index is 1.43. The molecular formula is C17H24N4O2. The van der Waals surface area contributed by atoms with E-state index < -0.39 is 0 Å². The maximum absolute atomic E-state index is 5.80. The second kappa shape index (κ2) is 7.99. The molecule has 6 nitrogen and oxygen atoms in total. The zero-order chi connectivity index (χ0) is 15.9. The zero-order valence-corrected chi connectivity index (χ0v) is 13.5. The Labute approximate surface area is 136 Å². The van der Waals surface area contributed by atoms with Crippen LogP contribution in [0.2, 0.25) is 0 Å². The summed E-state index contributed by atoms with van der Waals surface area (Å²) in [6, 6.07) is 10.1. The van der Waals surface area contributed by atoms with Gasteiger partial charge in [-0.05, 0) is 12.1 Å². The van der Waals surface area contributed by atoms with Crippen molar-refractivity contribution in [2.75, 3.05) is 46.4 Å². The fourth-order valence-corrected chi connectivity index (χ4v) is 2.67. The van der Waals surface area contributed by atoms with Gasteiger partial charge in [0.15, 0.2) is 5.96 Å². The monoisotopic (exact) mass is 316 g/mol. The number of para-hydroxylation sites is 1. The quantitative estimate of drug-likeness (QED) is 0.645. The van der Waals surface area contributed by atoms with Gasteiger partial charge in [-0.3, -0.25) is 9.89 Å². The van der Waals surface area contributed by atoms with Crippen LogP contribution in [0.3, 0.4) is 0 Å². The van der Waals surface area contributed by atoms with Crippen LogP contribution >= 0.6 is 0 Å². The molecule has 0 amide bonds. The van der Waals surface area contributed by atoms with E-state index in [0.29, 0.717) is 6.54 Å². The van der Waals surface area contributed by atoms with Crippen LogP contribution in [-0.4, -0.2) is 57.3 Å². The molecule has 1 saturated heterocycles. The van der Waals surface area contributed by atoms with Crippen molar-refractivity contribution in [3.05, 3.63) is 36.1 Å². The fraction of sp³-hybridized carbons (Fsp3) is 0.471. The summed E-state index contributed by atoms with van der Waals surface area (Å²) in [5, 5.41) is 7.75. The van der Waals surface area contributed by atoms with Crippen molar-refractivity contribution < 1.29 is 9.15 Å². The van der Waals surface area contributed by atoms with E-state index in [1.54, 1.807) is 7.05 Å². The van der Waals surface area contributed by atoms with Gasteiger partial charge >= 0.3 is 0 Å². The third-order valence-electron chi connectivity index (χ3n) is 3.95. The molecule has 3 rings (SSSR count). The van der Waals surface area contributed by atoms with E-state index in [2.05, 4.69) is 32.7 Å². The minimum atomic E-state index is 0.617. The minimum Gasteiger partial charge on any atom is -0.459 e. The van der Waals surface area contributed by atoms with Gasteiger partial charge in [0.2, 0.25) is 0 Å². The highest BCUT2D eigenvalue weighted by Crippen LogP contribution is 2.18. The van der Waals surface area contributed by atoms with E-state index in [-0.39, 0.29) is 0 Å². The minimum absolute atomic E-state index is 0.617. The van der Waals surface area contributed by atoms with E-state index in [1.807, 2.05) is 18.2 Å². The highest BCUT2D eigenvalue weighted by molar-refractivity contribution is 5.80. The molecule has 1 aromatic carbocycles. The molecule has 1 aliphatic heterocycles. The van der Waals surface area contributed by atoms with Crippen molar-refractivity contribution in [2.45, 2.75) is 6.54 Å². The molecule has 0 saturated carbocycles. The first-order valence-electron chi connectivity index (χ1n) is 8.07. The molecule has 0 aliphatic carbocycles. The van der Waals surface area contributed by atoms with Crippen LogP contribution < -0.4 is 10.6 Å². The summed E-state index contributed by atoms with van der Waals surface area (Å²) in [7, 11) is 1.78. The van der Waals surface area contributed by atoms with Gasteiger partial charge in [-0.1, -0.05) is 18.2 Å². The van der Waals surface area contributed by atoms with Crippen LogP contribution in [0.5, 0.6) is 0 Å². The van der Waals surface area contributed by atoms with Crippen molar-refractivity contribution in [2.24, 2.45) is 4.99 Å². The Morgan fingerprint density at radius 1 is 1.22 bits per heavy atom. The van der Waals surface area contributed by atoms with E-state index in [9.17, 15) is 0 Å². The number of guanidine groups is 1. The third-order valence-corrected chi connectivity index (χ3v) is 3.95. The molecule has 23 heavy (non-hydrogen) atoms. The van der Waals surface area contributed by atoms with Crippen LogP contribution in [0, 0.1) is 0 Å². The average molecular weight is 316 g/mol. The number of furan rings is 1. The van der Waals surface area contributed by atoms with E-state index >= 15 is 0 Å². The molecule has 2 heterocycles. The summed E-state index contributed by atoms with van der Waals surface area (Å²) < 4.78 is 11.1. The summed E-state index contributed by atoms with van der Waals surface area (Å²) in [6.45, 7) is 6.15. The van der Waals surface area contributed by atoms with Crippen molar-refractivity contribution in [1.82, 2.24) is 15.5 Å². The fourth-order valence-electron chi connectivity index (χ4n) is 2.67. The molecule has 1 fully saturated rings. The lowest BCUT2D eigenvalue weighted by molar-refractivity contribution is 0.0389.